The Morgan fingerprint density at radius 3 is 2.42 bits per heavy atom. The Hall–Kier alpha value is -2.38. The number of carbonyl (C=O) groups is 1. The molecular formula is C18H25ClN4O3. The summed E-state index contributed by atoms with van der Waals surface area (Å²) in [4.78, 5) is 20.2. The van der Waals surface area contributed by atoms with Gasteiger partial charge in [0.1, 0.15) is 17.7 Å². The summed E-state index contributed by atoms with van der Waals surface area (Å²) in [6.45, 7) is 5.44. The first kappa shape index (κ1) is 21.7. The van der Waals surface area contributed by atoms with Crippen LogP contribution in [0.1, 0.15) is 20.8 Å². The van der Waals surface area contributed by atoms with Gasteiger partial charge in [-0.2, -0.15) is 4.98 Å². The molecule has 0 bridgehead atoms. The second-order valence-electron chi connectivity index (χ2n) is 7.48. The topological polar surface area (TPSA) is 73.3 Å². The highest BCUT2D eigenvalue weighted by molar-refractivity contribution is 5.85. The van der Waals surface area contributed by atoms with Crippen LogP contribution < -0.4 is 26.9 Å². The number of hydrogen-bond acceptors (Lipinski definition) is 5. The molecular weight excluding hydrogens is 356 g/mol. The lowest BCUT2D eigenvalue weighted by Gasteiger charge is -2.21. The van der Waals surface area contributed by atoms with Crippen LogP contribution >= 0.6 is 0 Å². The molecule has 1 heterocycles. The van der Waals surface area contributed by atoms with Crippen molar-refractivity contribution in [2.45, 2.75) is 26.4 Å². The van der Waals surface area contributed by atoms with Crippen molar-refractivity contribution in [1.82, 2.24) is 14.5 Å². The Morgan fingerprint density at radius 2 is 1.81 bits per heavy atom. The van der Waals surface area contributed by atoms with Gasteiger partial charge in [-0.25, -0.2) is 9.78 Å². The maximum Gasteiger partial charge on any atom is 0.412 e. The fourth-order valence-electron chi connectivity index (χ4n) is 1.93. The Kier molecular flexibility index (Phi) is 6.94. The van der Waals surface area contributed by atoms with Crippen molar-refractivity contribution in [3.8, 4) is 11.6 Å². The highest BCUT2D eigenvalue weighted by Crippen LogP contribution is 2.25. The molecule has 26 heavy (non-hydrogen) atoms. The average Bonchev–Trinajstić information content (AvgIpc) is 2.45. The summed E-state index contributed by atoms with van der Waals surface area (Å²) in [7, 11) is 6.03. The van der Waals surface area contributed by atoms with E-state index in [1.54, 1.807) is 30.3 Å². The van der Waals surface area contributed by atoms with Crippen molar-refractivity contribution < 1.29 is 26.7 Å². The quantitative estimate of drug-likeness (QED) is 0.795. The summed E-state index contributed by atoms with van der Waals surface area (Å²) in [5, 5.41) is 2.68. The first-order valence-electron chi connectivity index (χ1n) is 7.95. The monoisotopic (exact) mass is 380 g/mol. The molecule has 0 radical (unpaired) electrons. The molecule has 142 valence electrons. The van der Waals surface area contributed by atoms with Crippen LogP contribution in [0, 0.1) is 0 Å². The van der Waals surface area contributed by atoms with Gasteiger partial charge in [0.15, 0.2) is 0 Å². The van der Waals surface area contributed by atoms with Gasteiger partial charge in [-0.3, -0.25) is 9.80 Å². The van der Waals surface area contributed by atoms with Gasteiger partial charge in [-0.1, -0.05) is 6.07 Å². The molecule has 2 rings (SSSR count). The number of rotatable bonds is 4. The molecule has 1 aromatic carbocycles. The molecule has 7 nitrogen and oxygen atoms in total. The van der Waals surface area contributed by atoms with Crippen LogP contribution in [0.4, 0.5) is 16.3 Å². The fourth-order valence-corrected chi connectivity index (χ4v) is 1.93. The predicted octanol–water partition coefficient (Wildman–Crippen LogP) is 0.817. The van der Waals surface area contributed by atoms with Gasteiger partial charge in [-0.15, -0.1) is 0 Å². The summed E-state index contributed by atoms with van der Waals surface area (Å²) >= 11 is 0. The maximum absolute atomic E-state index is 11.9. The first-order valence-corrected chi connectivity index (χ1v) is 7.95. The van der Waals surface area contributed by atoms with E-state index >= 15 is 0 Å². The van der Waals surface area contributed by atoms with Crippen LogP contribution in [0.2, 0.25) is 0 Å². The molecule has 0 aliphatic carbocycles. The van der Waals surface area contributed by atoms with Crippen molar-refractivity contribution in [3.63, 3.8) is 0 Å². The van der Waals surface area contributed by atoms with Crippen molar-refractivity contribution in [2.75, 3.05) is 26.5 Å². The van der Waals surface area contributed by atoms with Crippen molar-refractivity contribution in [3.05, 3.63) is 36.7 Å². The van der Waals surface area contributed by atoms with Crippen LogP contribution in [-0.2, 0) is 4.74 Å². The lowest BCUT2D eigenvalue weighted by Crippen LogP contribution is -3.00. The number of anilines is 1. The zero-order valence-electron chi connectivity index (χ0n) is 15.9. The molecule has 0 fully saturated rings. The van der Waals surface area contributed by atoms with Crippen molar-refractivity contribution >= 4 is 17.6 Å². The summed E-state index contributed by atoms with van der Waals surface area (Å²) in [6.07, 6.45) is 0.954. The van der Waals surface area contributed by atoms with E-state index in [0.717, 1.165) is 5.82 Å². The molecule has 1 N–H and O–H groups in total. The van der Waals surface area contributed by atoms with E-state index in [1.165, 1.54) is 6.33 Å². The van der Waals surface area contributed by atoms with E-state index in [9.17, 15) is 4.79 Å². The number of aromatic nitrogens is 2. The number of hydrogen-bond donors (Lipinski definition) is 1. The Bertz CT molecular complexity index is 755. The number of carbonyl (C=O) groups excluding carboxylic acids is 1. The lowest BCUT2D eigenvalue weighted by molar-refractivity contribution is -0.0000242. The number of halogens is 1. The number of benzene rings is 1. The maximum atomic E-state index is 11.9. The normalized spacial score (nSPS) is 11.3. The minimum absolute atomic E-state index is 0. The fraction of sp³-hybridized carbons (Fsp3) is 0.389. The number of nitrogens with zero attached hydrogens (tertiary/aromatic N) is 3. The molecule has 1 aromatic heterocycles. The number of nitrogens with one attached hydrogen (secondary N) is 1. The van der Waals surface area contributed by atoms with Gasteiger partial charge in [-0.05, 0) is 32.9 Å². The largest absolute Gasteiger partial charge is 1.00 e. The van der Waals surface area contributed by atoms with Gasteiger partial charge in [0, 0.05) is 11.8 Å². The smallest absolute Gasteiger partial charge is 0.412 e. The van der Waals surface area contributed by atoms with E-state index in [1.807, 2.05) is 41.9 Å². The second-order valence-corrected chi connectivity index (χ2v) is 7.48. The van der Waals surface area contributed by atoms with E-state index in [-0.39, 0.29) is 12.4 Å². The van der Waals surface area contributed by atoms with E-state index in [0.29, 0.717) is 21.8 Å². The number of quaternary nitrogens is 1. The highest BCUT2D eigenvalue weighted by Gasteiger charge is 2.17. The summed E-state index contributed by atoms with van der Waals surface area (Å²) in [5.41, 5.74) is 0.0217. The first-order chi connectivity index (χ1) is 11.5. The summed E-state index contributed by atoms with van der Waals surface area (Å²) in [5.74, 6) is 1.82. The molecule has 0 unspecified atom stereocenters. The Balaban J connectivity index is 0.00000338. The SMILES string of the molecule is CC(C)(C)OC(=O)Nc1cccc(Oc2cc([N+](C)(C)C)ncn2)c1.[Cl-]. The molecule has 1 amide bonds. The van der Waals surface area contributed by atoms with Gasteiger partial charge < -0.3 is 21.9 Å². The zero-order valence-corrected chi connectivity index (χ0v) is 16.7. The molecule has 0 saturated carbocycles. The molecule has 8 heteroatoms. The van der Waals surface area contributed by atoms with Crippen LogP contribution in [-0.4, -0.2) is 42.8 Å². The third kappa shape index (κ3) is 6.85. The minimum atomic E-state index is -0.555. The van der Waals surface area contributed by atoms with E-state index < -0.39 is 11.7 Å². The molecule has 0 aliphatic heterocycles. The van der Waals surface area contributed by atoms with E-state index in [2.05, 4.69) is 15.3 Å². The molecule has 0 spiro atoms. The van der Waals surface area contributed by atoms with Crippen LogP contribution in [0.3, 0.4) is 0 Å². The van der Waals surface area contributed by atoms with Crippen LogP contribution in [0.15, 0.2) is 36.7 Å². The van der Waals surface area contributed by atoms with Gasteiger partial charge in [0.05, 0.1) is 27.2 Å². The molecule has 0 atom stereocenters. The van der Waals surface area contributed by atoms with Crippen LogP contribution in [0.25, 0.3) is 0 Å². The summed E-state index contributed by atoms with van der Waals surface area (Å²) in [6, 6.07) is 8.82. The third-order valence-corrected chi connectivity index (χ3v) is 3.02. The van der Waals surface area contributed by atoms with Gasteiger partial charge in [0.2, 0.25) is 11.7 Å². The van der Waals surface area contributed by atoms with Crippen molar-refractivity contribution in [2.24, 2.45) is 0 Å². The van der Waals surface area contributed by atoms with E-state index in [4.69, 9.17) is 9.47 Å². The lowest BCUT2D eigenvalue weighted by atomic mass is 10.2. The Morgan fingerprint density at radius 1 is 1.12 bits per heavy atom. The number of amides is 1. The summed E-state index contributed by atoms with van der Waals surface area (Å²) < 4.78 is 11.6. The molecule has 2 aromatic rings. The van der Waals surface area contributed by atoms with Gasteiger partial charge in [0.25, 0.3) is 0 Å². The number of ether oxygens (including phenoxy) is 2. The molecule has 0 saturated heterocycles. The van der Waals surface area contributed by atoms with Crippen molar-refractivity contribution in [1.29, 1.82) is 0 Å². The Labute approximate surface area is 160 Å². The minimum Gasteiger partial charge on any atom is -1.00 e. The highest BCUT2D eigenvalue weighted by atomic mass is 35.5. The van der Waals surface area contributed by atoms with Crippen LogP contribution in [0.5, 0.6) is 11.6 Å². The third-order valence-electron chi connectivity index (χ3n) is 3.02. The average molecular weight is 381 g/mol. The predicted molar refractivity (Wildman–Crippen MR) is 98.0 cm³/mol. The second kappa shape index (κ2) is 8.33. The van der Waals surface area contributed by atoms with Gasteiger partial charge >= 0.3 is 6.09 Å². The zero-order chi connectivity index (χ0) is 18.7. The molecule has 0 aliphatic rings. The standard InChI is InChI=1S/C18H24N4O3.ClH/c1-18(2,3)25-17(23)21-13-8-7-9-14(10-13)24-16-11-15(19-12-20-16)22(4,5)6;/h7-12H,1-6H3;1H.